The standard InChI is InChI=1S/C21H24N4O2S/c1-15-8-10-17(11-9-15)20-22-23-21(25(20)3)28-14-19(26)24(2)13-16-6-5-7-18(12-16)27-4/h5-12H,13-14H2,1-4H3. The predicted octanol–water partition coefficient (Wildman–Crippen LogP) is 3.55. The largest absolute Gasteiger partial charge is 0.497 e. The number of aromatic nitrogens is 3. The van der Waals surface area contributed by atoms with E-state index in [0.29, 0.717) is 12.3 Å². The molecule has 0 fully saturated rings. The van der Waals surface area contributed by atoms with Crippen LogP contribution < -0.4 is 4.74 Å². The first-order valence-electron chi connectivity index (χ1n) is 8.94. The number of nitrogens with zero attached hydrogens (tertiary/aromatic N) is 4. The number of carbonyl (C=O) groups is 1. The van der Waals surface area contributed by atoms with Crippen molar-refractivity contribution in [2.24, 2.45) is 7.05 Å². The summed E-state index contributed by atoms with van der Waals surface area (Å²) in [5.74, 6) is 1.92. The Labute approximate surface area is 169 Å². The van der Waals surface area contributed by atoms with Gasteiger partial charge in [-0.2, -0.15) is 0 Å². The Morgan fingerprint density at radius 1 is 1.18 bits per heavy atom. The zero-order chi connectivity index (χ0) is 20.1. The molecule has 146 valence electrons. The molecule has 0 bridgehead atoms. The minimum absolute atomic E-state index is 0.0349. The van der Waals surface area contributed by atoms with Crippen LogP contribution in [0.3, 0.4) is 0 Å². The molecule has 1 aromatic heterocycles. The van der Waals surface area contributed by atoms with Crippen LogP contribution in [-0.4, -0.2) is 45.5 Å². The van der Waals surface area contributed by atoms with E-state index in [1.807, 2.05) is 60.1 Å². The number of benzene rings is 2. The molecule has 0 aliphatic carbocycles. The Kier molecular flexibility index (Phi) is 6.36. The van der Waals surface area contributed by atoms with E-state index in [-0.39, 0.29) is 5.91 Å². The average Bonchev–Trinajstić information content (AvgIpc) is 3.07. The van der Waals surface area contributed by atoms with Gasteiger partial charge >= 0.3 is 0 Å². The molecule has 0 saturated carbocycles. The summed E-state index contributed by atoms with van der Waals surface area (Å²) >= 11 is 1.39. The number of rotatable bonds is 7. The molecule has 1 heterocycles. The SMILES string of the molecule is COc1cccc(CN(C)C(=O)CSc2nnc(-c3ccc(C)cc3)n2C)c1. The molecule has 0 saturated heterocycles. The van der Waals surface area contributed by atoms with Crippen LogP contribution in [0.2, 0.25) is 0 Å². The molecular weight excluding hydrogens is 372 g/mol. The Hall–Kier alpha value is -2.80. The van der Waals surface area contributed by atoms with Crippen LogP contribution in [0.5, 0.6) is 5.75 Å². The summed E-state index contributed by atoms with van der Waals surface area (Å²) in [4.78, 5) is 14.2. The maximum absolute atomic E-state index is 12.5. The van der Waals surface area contributed by atoms with Gasteiger partial charge in [0, 0.05) is 26.2 Å². The van der Waals surface area contributed by atoms with Gasteiger partial charge in [-0.25, -0.2) is 0 Å². The van der Waals surface area contributed by atoms with Crippen LogP contribution >= 0.6 is 11.8 Å². The number of carbonyl (C=O) groups excluding carboxylic acids is 1. The average molecular weight is 397 g/mol. The van der Waals surface area contributed by atoms with Crippen molar-refractivity contribution in [2.45, 2.75) is 18.6 Å². The maximum Gasteiger partial charge on any atom is 0.233 e. The maximum atomic E-state index is 12.5. The highest BCUT2D eigenvalue weighted by Gasteiger charge is 2.15. The first kappa shape index (κ1) is 19.9. The van der Waals surface area contributed by atoms with E-state index in [4.69, 9.17) is 4.74 Å². The van der Waals surface area contributed by atoms with Crippen LogP contribution in [0.4, 0.5) is 0 Å². The molecule has 0 N–H and O–H groups in total. The van der Waals surface area contributed by atoms with Crippen molar-refractivity contribution in [2.75, 3.05) is 19.9 Å². The molecule has 7 heteroatoms. The molecule has 0 aliphatic heterocycles. The molecule has 3 aromatic rings. The van der Waals surface area contributed by atoms with Crippen molar-refractivity contribution < 1.29 is 9.53 Å². The van der Waals surface area contributed by atoms with Crippen LogP contribution in [0.1, 0.15) is 11.1 Å². The first-order chi connectivity index (χ1) is 13.5. The molecule has 6 nitrogen and oxygen atoms in total. The van der Waals surface area contributed by atoms with Gasteiger partial charge in [0.2, 0.25) is 5.91 Å². The molecular formula is C21H24N4O2S. The third kappa shape index (κ3) is 4.72. The van der Waals surface area contributed by atoms with Crippen LogP contribution in [0, 0.1) is 6.92 Å². The Bertz CT molecular complexity index is 953. The molecule has 0 radical (unpaired) electrons. The van der Waals surface area contributed by atoms with Crippen molar-refractivity contribution in [3.8, 4) is 17.1 Å². The monoisotopic (exact) mass is 396 g/mol. The van der Waals surface area contributed by atoms with Crippen molar-refractivity contribution in [1.82, 2.24) is 19.7 Å². The summed E-state index contributed by atoms with van der Waals surface area (Å²) < 4.78 is 7.16. The second-order valence-corrected chi connectivity index (χ2v) is 7.56. The lowest BCUT2D eigenvalue weighted by atomic mass is 10.1. The van der Waals surface area contributed by atoms with E-state index >= 15 is 0 Å². The topological polar surface area (TPSA) is 60.2 Å². The lowest BCUT2D eigenvalue weighted by molar-refractivity contribution is -0.127. The zero-order valence-corrected chi connectivity index (χ0v) is 17.4. The minimum atomic E-state index is 0.0349. The summed E-state index contributed by atoms with van der Waals surface area (Å²) in [7, 11) is 5.36. The summed E-state index contributed by atoms with van der Waals surface area (Å²) in [6.07, 6.45) is 0. The Balaban J connectivity index is 1.60. The van der Waals surface area contributed by atoms with Gasteiger partial charge in [-0.15, -0.1) is 10.2 Å². The lowest BCUT2D eigenvalue weighted by Crippen LogP contribution is -2.27. The van der Waals surface area contributed by atoms with Gasteiger partial charge in [-0.1, -0.05) is 53.7 Å². The van der Waals surface area contributed by atoms with Gasteiger partial charge < -0.3 is 14.2 Å². The molecule has 1 amide bonds. The molecule has 2 aromatic carbocycles. The van der Waals surface area contributed by atoms with Gasteiger partial charge in [0.15, 0.2) is 11.0 Å². The fourth-order valence-electron chi connectivity index (χ4n) is 2.76. The smallest absolute Gasteiger partial charge is 0.233 e. The molecule has 0 unspecified atom stereocenters. The Morgan fingerprint density at radius 2 is 1.93 bits per heavy atom. The van der Waals surface area contributed by atoms with Crippen molar-refractivity contribution in [3.05, 3.63) is 59.7 Å². The number of methoxy groups -OCH3 is 1. The van der Waals surface area contributed by atoms with Crippen molar-refractivity contribution in [3.63, 3.8) is 0 Å². The van der Waals surface area contributed by atoms with E-state index in [9.17, 15) is 4.79 Å². The Morgan fingerprint density at radius 3 is 2.64 bits per heavy atom. The van der Waals surface area contributed by atoms with Crippen LogP contribution in [0.15, 0.2) is 53.7 Å². The van der Waals surface area contributed by atoms with Crippen LogP contribution in [-0.2, 0) is 18.4 Å². The van der Waals surface area contributed by atoms with E-state index in [2.05, 4.69) is 17.1 Å². The van der Waals surface area contributed by atoms with E-state index in [0.717, 1.165) is 27.9 Å². The predicted molar refractivity (Wildman–Crippen MR) is 111 cm³/mol. The third-order valence-corrected chi connectivity index (χ3v) is 5.45. The van der Waals surface area contributed by atoms with Gasteiger partial charge in [-0.05, 0) is 24.6 Å². The fourth-order valence-corrected chi connectivity index (χ4v) is 3.62. The highest BCUT2D eigenvalue weighted by molar-refractivity contribution is 7.99. The minimum Gasteiger partial charge on any atom is -0.497 e. The third-order valence-electron chi connectivity index (χ3n) is 4.45. The van der Waals surface area contributed by atoms with E-state index < -0.39 is 0 Å². The number of amides is 1. The van der Waals surface area contributed by atoms with E-state index in [1.54, 1.807) is 19.1 Å². The van der Waals surface area contributed by atoms with Crippen molar-refractivity contribution >= 4 is 17.7 Å². The van der Waals surface area contributed by atoms with Gasteiger partial charge in [0.25, 0.3) is 0 Å². The number of thioether (sulfide) groups is 1. The van der Waals surface area contributed by atoms with Gasteiger partial charge in [-0.3, -0.25) is 4.79 Å². The lowest BCUT2D eigenvalue weighted by Gasteiger charge is -2.17. The highest BCUT2D eigenvalue weighted by Crippen LogP contribution is 2.23. The summed E-state index contributed by atoms with van der Waals surface area (Å²) in [6, 6.07) is 15.9. The first-order valence-corrected chi connectivity index (χ1v) is 9.92. The zero-order valence-electron chi connectivity index (χ0n) is 16.5. The van der Waals surface area contributed by atoms with Gasteiger partial charge in [0.1, 0.15) is 5.75 Å². The molecule has 0 aliphatic rings. The number of hydrogen-bond acceptors (Lipinski definition) is 5. The normalized spacial score (nSPS) is 10.7. The summed E-state index contributed by atoms with van der Waals surface area (Å²) in [5.41, 5.74) is 3.24. The quantitative estimate of drug-likeness (QED) is 0.572. The number of aryl methyl sites for hydroxylation is 1. The molecule has 3 rings (SSSR count). The second kappa shape index (κ2) is 8.93. The number of ether oxygens (including phenoxy) is 1. The van der Waals surface area contributed by atoms with Crippen LogP contribution in [0.25, 0.3) is 11.4 Å². The second-order valence-electron chi connectivity index (χ2n) is 6.62. The molecule has 0 spiro atoms. The molecule has 0 atom stereocenters. The summed E-state index contributed by atoms with van der Waals surface area (Å²) in [5, 5.41) is 9.24. The molecule has 28 heavy (non-hydrogen) atoms. The fraction of sp³-hybridized carbons (Fsp3) is 0.286. The number of hydrogen-bond donors (Lipinski definition) is 0. The van der Waals surface area contributed by atoms with Crippen molar-refractivity contribution in [1.29, 1.82) is 0 Å². The highest BCUT2D eigenvalue weighted by atomic mass is 32.2. The van der Waals surface area contributed by atoms with Gasteiger partial charge in [0.05, 0.1) is 12.9 Å². The van der Waals surface area contributed by atoms with E-state index in [1.165, 1.54) is 17.3 Å². The summed E-state index contributed by atoms with van der Waals surface area (Å²) in [6.45, 7) is 2.58.